The number of carbonyl (C=O) groups excluding carboxylic acids is 2. The van der Waals surface area contributed by atoms with E-state index in [1.54, 1.807) is 30.2 Å². The third-order valence-electron chi connectivity index (χ3n) is 5.05. The summed E-state index contributed by atoms with van der Waals surface area (Å²) in [5.74, 6) is 0.558. The summed E-state index contributed by atoms with van der Waals surface area (Å²) < 4.78 is 10.5. The lowest BCUT2D eigenvalue weighted by Crippen LogP contribution is -2.41. The van der Waals surface area contributed by atoms with Crippen molar-refractivity contribution in [2.24, 2.45) is 5.92 Å². The van der Waals surface area contributed by atoms with E-state index in [1.807, 2.05) is 0 Å². The van der Waals surface area contributed by atoms with Crippen LogP contribution in [0.5, 0.6) is 11.5 Å². The van der Waals surface area contributed by atoms with Crippen molar-refractivity contribution in [1.29, 1.82) is 0 Å². The van der Waals surface area contributed by atoms with Gasteiger partial charge in [0.1, 0.15) is 0 Å². The van der Waals surface area contributed by atoms with Crippen molar-refractivity contribution in [2.75, 3.05) is 32.6 Å². The predicted molar refractivity (Wildman–Crippen MR) is 118 cm³/mol. The average molecular weight is 472 g/mol. The molecule has 9 heteroatoms. The van der Waals surface area contributed by atoms with Crippen LogP contribution in [0.4, 0.5) is 5.69 Å². The predicted octanol–water partition coefficient (Wildman–Crippen LogP) is 5.15. The lowest BCUT2D eigenvalue weighted by Gasteiger charge is -2.31. The second-order valence-corrected chi connectivity index (χ2v) is 8.09. The zero-order valence-electron chi connectivity index (χ0n) is 16.5. The smallest absolute Gasteiger partial charge is 0.253 e. The molecule has 0 saturated carbocycles. The molecule has 2 aromatic carbocycles. The fraction of sp³-hybridized carbons (Fsp3) is 0.333. The molecule has 30 heavy (non-hydrogen) atoms. The summed E-state index contributed by atoms with van der Waals surface area (Å²) in [6, 6.07) is 8.08. The van der Waals surface area contributed by atoms with Gasteiger partial charge in [-0.15, -0.1) is 0 Å². The number of piperidine rings is 1. The van der Waals surface area contributed by atoms with Crippen LogP contribution in [-0.4, -0.2) is 44.0 Å². The molecule has 0 spiro atoms. The number of rotatable bonds is 5. The zero-order valence-corrected chi connectivity index (χ0v) is 18.8. The molecular weight excluding hydrogens is 451 g/mol. The topological polar surface area (TPSA) is 67.9 Å². The maximum atomic E-state index is 12.8. The van der Waals surface area contributed by atoms with E-state index >= 15 is 0 Å². The number of amides is 2. The molecule has 3 rings (SSSR count). The molecule has 1 saturated heterocycles. The number of carbonyl (C=O) groups is 2. The average Bonchev–Trinajstić information content (AvgIpc) is 2.76. The van der Waals surface area contributed by atoms with Crippen LogP contribution in [0, 0.1) is 5.92 Å². The van der Waals surface area contributed by atoms with Gasteiger partial charge in [0.25, 0.3) is 5.91 Å². The number of ether oxygens (including phenoxy) is 2. The van der Waals surface area contributed by atoms with Crippen LogP contribution in [0.15, 0.2) is 30.3 Å². The molecule has 0 aromatic heterocycles. The number of hydrogen-bond donors (Lipinski definition) is 1. The van der Waals surface area contributed by atoms with E-state index < -0.39 is 0 Å². The van der Waals surface area contributed by atoms with Gasteiger partial charge in [-0.1, -0.05) is 34.8 Å². The third-order valence-corrected chi connectivity index (χ3v) is 6.09. The Balaban J connectivity index is 1.61. The maximum Gasteiger partial charge on any atom is 0.253 e. The van der Waals surface area contributed by atoms with Crippen LogP contribution >= 0.6 is 34.8 Å². The number of likely N-dealkylation sites (tertiary alicyclic amines) is 1. The summed E-state index contributed by atoms with van der Waals surface area (Å²) in [5, 5.41) is 3.75. The molecule has 0 unspecified atom stereocenters. The van der Waals surface area contributed by atoms with Gasteiger partial charge in [0, 0.05) is 24.6 Å². The summed E-state index contributed by atoms with van der Waals surface area (Å²) >= 11 is 18.1. The van der Waals surface area contributed by atoms with Crippen molar-refractivity contribution in [1.82, 2.24) is 4.90 Å². The Morgan fingerprint density at radius 3 is 2.20 bits per heavy atom. The molecule has 0 atom stereocenters. The second kappa shape index (κ2) is 9.77. The number of hydrogen-bond acceptors (Lipinski definition) is 4. The fourth-order valence-corrected chi connectivity index (χ4v) is 3.94. The minimum Gasteiger partial charge on any atom is -0.493 e. The number of halogens is 3. The van der Waals surface area contributed by atoms with Crippen molar-refractivity contribution in [3.8, 4) is 11.5 Å². The number of nitrogens with one attached hydrogen (secondary N) is 1. The molecule has 6 nitrogen and oxygen atoms in total. The van der Waals surface area contributed by atoms with Crippen LogP contribution in [0.2, 0.25) is 15.1 Å². The molecule has 0 aliphatic carbocycles. The van der Waals surface area contributed by atoms with Gasteiger partial charge >= 0.3 is 0 Å². The van der Waals surface area contributed by atoms with Crippen molar-refractivity contribution >= 4 is 52.3 Å². The van der Waals surface area contributed by atoms with Crippen LogP contribution in [0.25, 0.3) is 0 Å². The van der Waals surface area contributed by atoms with Crippen LogP contribution < -0.4 is 14.8 Å². The van der Waals surface area contributed by atoms with Gasteiger partial charge in [-0.25, -0.2) is 0 Å². The van der Waals surface area contributed by atoms with E-state index in [-0.39, 0.29) is 17.7 Å². The fourth-order valence-electron chi connectivity index (χ4n) is 3.35. The molecule has 0 bridgehead atoms. The van der Waals surface area contributed by atoms with Crippen molar-refractivity contribution in [3.63, 3.8) is 0 Å². The molecule has 2 aromatic rings. The minimum atomic E-state index is -0.232. The highest BCUT2D eigenvalue weighted by Crippen LogP contribution is 2.33. The first-order valence-corrected chi connectivity index (χ1v) is 10.4. The molecule has 1 N–H and O–H groups in total. The number of anilines is 1. The zero-order chi connectivity index (χ0) is 21.8. The van der Waals surface area contributed by atoms with Crippen LogP contribution in [0.1, 0.15) is 23.2 Å². The Labute approximate surface area is 190 Å². The molecule has 2 amide bonds. The van der Waals surface area contributed by atoms with Gasteiger partial charge in [0.15, 0.2) is 11.5 Å². The standard InChI is InChI=1S/C21H21Cl3N2O4/c1-29-18-4-3-13(9-19(18)30-2)21(28)26-7-5-12(6-8-26)20(27)25-17-11-15(23)14(22)10-16(17)24/h3-4,9-12H,5-8H2,1-2H3,(H,25,27). The summed E-state index contributed by atoms with van der Waals surface area (Å²) in [6.45, 7) is 0.945. The van der Waals surface area contributed by atoms with E-state index in [4.69, 9.17) is 44.3 Å². The first-order chi connectivity index (χ1) is 14.3. The molecule has 1 heterocycles. The monoisotopic (exact) mass is 470 g/mol. The normalized spacial score (nSPS) is 14.4. The van der Waals surface area contributed by atoms with E-state index in [9.17, 15) is 9.59 Å². The summed E-state index contributed by atoms with van der Waals surface area (Å²) in [4.78, 5) is 27.2. The Hall–Kier alpha value is -2.15. The highest BCUT2D eigenvalue weighted by molar-refractivity contribution is 6.44. The van der Waals surface area contributed by atoms with Crippen molar-refractivity contribution < 1.29 is 19.1 Å². The lowest BCUT2D eigenvalue weighted by molar-refractivity contribution is -0.121. The largest absolute Gasteiger partial charge is 0.493 e. The summed E-state index contributed by atoms with van der Waals surface area (Å²) in [7, 11) is 3.07. The number of methoxy groups -OCH3 is 2. The number of benzene rings is 2. The second-order valence-electron chi connectivity index (χ2n) is 6.87. The molecule has 1 aliphatic rings. The quantitative estimate of drug-likeness (QED) is 0.612. The van der Waals surface area contributed by atoms with Gasteiger partial charge < -0.3 is 19.7 Å². The van der Waals surface area contributed by atoms with Gasteiger partial charge in [0.05, 0.1) is 35.0 Å². The van der Waals surface area contributed by atoms with Crippen molar-refractivity contribution in [2.45, 2.75) is 12.8 Å². The van der Waals surface area contributed by atoms with Gasteiger partial charge in [-0.3, -0.25) is 9.59 Å². The summed E-state index contributed by atoms with van der Waals surface area (Å²) in [5.41, 5.74) is 0.929. The highest BCUT2D eigenvalue weighted by atomic mass is 35.5. The third kappa shape index (κ3) is 4.94. The Morgan fingerprint density at radius 2 is 1.57 bits per heavy atom. The van der Waals surface area contributed by atoms with E-state index in [0.29, 0.717) is 63.7 Å². The SMILES string of the molecule is COc1ccc(C(=O)N2CCC(C(=O)Nc3cc(Cl)c(Cl)cc3Cl)CC2)cc1OC. The molecule has 1 aliphatic heterocycles. The van der Waals surface area contributed by atoms with Gasteiger partial charge in [0.2, 0.25) is 5.91 Å². The first-order valence-electron chi connectivity index (χ1n) is 9.30. The summed E-state index contributed by atoms with van der Waals surface area (Å²) in [6.07, 6.45) is 1.09. The lowest BCUT2D eigenvalue weighted by atomic mass is 9.95. The Morgan fingerprint density at radius 1 is 0.933 bits per heavy atom. The van der Waals surface area contributed by atoms with E-state index in [2.05, 4.69) is 5.32 Å². The van der Waals surface area contributed by atoms with E-state index in [0.717, 1.165) is 0 Å². The maximum absolute atomic E-state index is 12.8. The van der Waals surface area contributed by atoms with Gasteiger partial charge in [-0.2, -0.15) is 0 Å². The number of nitrogens with zero attached hydrogens (tertiary/aromatic N) is 1. The Kier molecular flexibility index (Phi) is 7.34. The highest BCUT2D eigenvalue weighted by Gasteiger charge is 2.28. The molecule has 1 fully saturated rings. The Bertz CT molecular complexity index is 960. The molecule has 0 radical (unpaired) electrons. The van der Waals surface area contributed by atoms with Gasteiger partial charge in [-0.05, 0) is 43.2 Å². The van der Waals surface area contributed by atoms with E-state index in [1.165, 1.54) is 19.2 Å². The first kappa shape index (κ1) is 22.5. The molecule has 160 valence electrons. The minimum absolute atomic E-state index is 0.109. The van der Waals surface area contributed by atoms with Crippen LogP contribution in [-0.2, 0) is 4.79 Å². The van der Waals surface area contributed by atoms with Crippen LogP contribution in [0.3, 0.4) is 0 Å². The van der Waals surface area contributed by atoms with Crippen molar-refractivity contribution in [3.05, 3.63) is 51.0 Å². The molecular formula is C21H21Cl3N2O4.